The zero-order chi connectivity index (χ0) is 15.5. The van der Waals surface area contributed by atoms with E-state index in [0.717, 1.165) is 6.42 Å². The molecule has 3 nitrogen and oxygen atoms in total. The highest BCUT2D eigenvalue weighted by molar-refractivity contribution is 4.83. The normalized spacial score (nSPS) is 30.0. The zero-order valence-corrected chi connectivity index (χ0v) is 14.7. The van der Waals surface area contributed by atoms with E-state index < -0.39 is 0 Å². The molecular formula is C18H35NO2. The third kappa shape index (κ3) is 5.54. The van der Waals surface area contributed by atoms with Gasteiger partial charge in [0.1, 0.15) is 0 Å². The van der Waals surface area contributed by atoms with Crippen molar-refractivity contribution in [3.63, 3.8) is 0 Å². The summed E-state index contributed by atoms with van der Waals surface area (Å²) in [6, 6.07) is 0. The Morgan fingerprint density at radius 2 is 1.52 bits per heavy atom. The quantitative estimate of drug-likeness (QED) is 0.783. The van der Waals surface area contributed by atoms with Crippen LogP contribution in [0.5, 0.6) is 0 Å². The summed E-state index contributed by atoms with van der Waals surface area (Å²) in [6.45, 7) is 13.5. The third-order valence-electron chi connectivity index (χ3n) is 4.82. The van der Waals surface area contributed by atoms with Crippen LogP contribution in [0.1, 0.15) is 73.1 Å². The summed E-state index contributed by atoms with van der Waals surface area (Å²) in [6.07, 6.45) is 8.79. The van der Waals surface area contributed by atoms with E-state index in [2.05, 4.69) is 39.5 Å². The Kier molecular flexibility index (Phi) is 6.10. The Balaban J connectivity index is 1.73. The summed E-state index contributed by atoms with van der Waals surface area (Å²) < 4.78 is 12.4. The Hall–Kier alpha value is -0.120. The molecule has 2 atom stereocenters. The van der Waals surface area contributed by atoms with E-state index in [1.807, 2.05) is 0 Å². The summed E-state index contributed by atoms with van der Waals surface area (Å²) in [7, 11) is 0. The molecule has 0 amide bonds. The number of nitrogens with zero attached hydrogens (tertiary/aromatic N) is 1. The van der Waals surface area contributed by atoms with Crippen LogP contribution >= 0.6 is 0 Å². The Morgan fingerprint density at radius 3 is 2.10 bits per heavy atom. The summed E-state index contributed by atoms with van der Waals surface area (Å²) in [5, 5.41) is 0. The van der Waals surface area contributed by atoms with Crippen molar-refractivity contribution in [2.75, 3.05) is 13.1 Å². The Bertz CT molecular complexity index is 303. The lowest BCUT2D eigenvalue weighted by atomic mass is 9.94. The maximum absolute atomic E-state index is 6.40. The number of hydrogen-bond donors (Lipinski definition) is 0. The first kappa shape index (κ1) is 17.2. The fourth-order valence-electron chi connectivity index (χ4n) is 3.67. The van der Waals surface area contributed by atoms with Gasteiger partial charge in [-0.2, -0.15) is 0 Å². The van der Waals surface area contributed by atoms with Gasteiger partial charge in [0.05, 0.1) is 24.4 Å². The van der Waals surface area contributed by atoms with Gasteiger partial charge in [-0.25, -0.2) is 0 Å². The molecule has 0 aromatic heterocycles. The van der Waals surface area contributed by atoms with E-state index in [9.17, 15) is 0 Å². The lowest BCUT2D eigenvalue weighted by Crippen LogP contribution is -2.48. The molecular weight excluding hydrogens is 262 g/mol. The topological polar surface area (TPSA) is 21.7 Å². The molecule has 0 bridgehead atoms. The molecule has 0 aromatic carbocycles. The van der Waals surface area contributed by atoms with Crippen molar-refractivity contribution >= 4 is 0 Å². The molecule has 2 unspecified atom stereocenters. The maximum Gasteiger partial charge on any atom is 0.0603 e. The fourth-order valence-corrected chi connectivity index (χ4v) is 3.67. The highest BCUT2D eigenvalue weighted by Crippen LogP contribution is 2.28. The Morgan fingerprint density at radius 1 is 0.905 bits per heavy atom. The van der Waals surface area contributed by atoms with Crippen LogP contribution in [0.2, 0.25) is 0 Å². The van der Waals surface area contributed by atoms with Gasteiger partial charge in [-0.1, -0.05) is 0 Å². The standard InChI is InChI=1S/C18H35NO2/c1-14(2)20-16-7-6-8-17(13-16)21-15-9-11-19(12-10-15)18(3,4)5/h14-17H,6-13H2,1-5H3. The Labute approximate surface area is 131 Å². The molecule has 0 radical (unpaired) electrons. The van der Waals surface area contributed by atoms with Crippen LogP contribution in [0, 0.1) is 0 Å². The molecule has 1 heterocycles. The third-order valence-corrected chi connectivity index (χ3v) is 4.82. The van der Waals surface area contributed by atoms with E-state index in [1.165, 1.54) is 45.2 Å². The molecule has 2 aliphatic rings. The van der Waals surface area contributed by atoms with Crippen molar-refractivity contribution in [2.45, 2.75) is 103 Å². The van der Waals surface area contributed by atoms with Gasteiger partial charge in [-0.05, 0) is 73.1 Å². The molecule has 0 N–H and O–H groups in total. The van der Waals surface area contributed by atoms with Crippen LogP contribution in [0.25, 0.3) is 0 Å². The summed E-state index contributed by atoms with van der Waals surface area (Å²) >= 11 is 0. The van der Waals surface area contributed by atoms with Gasteiger partial charge in [-0.15, -0.1) is 0 Å². The van der Waals surface area contributed by atoms with Crippen LogP contribution < -0.4 is 0 Å². The first-order chi connectivity index (χ1) is 9.84. The number of rotatable bonds is 4. The second-order valence-corrected chi connectivity index (χ2v) is 8.09. The molecule has 1 saturated heterocycles. The highest BCUT2D eigenvalue weighted by Gasteiger charge is 2.30. The fraction of sp³-hybridized carbons (Fsp3) is 1.00. The largest absolute Gasteiger partial charge is 0.375 e. The minimum Gasteiger partial charge on any atom is -0.375 e. The second-order valence-electron chi connectivity index (χ2n) is 8.09. The van der Waals surface area contributed by atoms with E-state index >= 15 is 0 Å². The van der Waals surface area contributed by atoms with Crippen LogP contribution in [0.3, 0.4) is 0 Å². The van der Waals surface area contributed by atoms with Crippen molar-refractivity contribution in [1.82, 2.24) is 4.90 Å². The molecule has 21 heavy (non-hydrogen) atoms. The molecule has 0 aromatic rings. The summed E-state index contributed by atoms with van der Waals surface area (Å²) in [5.74, 6) is 0. The van der Waals surface area contributed by atoms with Crippen molar-refractivity contribution in [3.8, 4) is 0 Å². The molecule has 1 aliphatic heterocycles. The predicted octanol–water partition coefficient (Wildman–Crippen LogP) is 4.00. The smallest absolute Gasteiger partial charge is 0.0603 e. The van der Waals surface area contributed by atoms with Crippen LogP contribution in [0.4, 0.5) is 0 Å². The molecule has 124 valence electrons. The van der Waals surface area contributed by atoms with Gasteiger partial charge < -0.3 is 9.47 Å². The first-order valence-electron chi connectivity index (χ1n) is 8.90. The van der Waals surface area contributed by atoms with Gasteiger partial charge >= 0.3 is 0 Å². The molecule has 3 heteroatoms. The van der Waals surface area contributed by atoms with E-state index in [1.54, 1.807) is 0 Å². The number of ether oxygens (including phenoxy) is 2. The van der Waals surface area contributed by atoms with Gasteiger partial charge in [-0.3, -0.25) is 4.90 Å². The summed E-state index contributed by atoms with van der Waals surface area (Å²) in [5.41, 5.74) is 0.298. The molecule has 2 rings (SSSR count). The number of hydrogen-bond acceptors (Lipinski definition) is 3. The van der Waals surface area contributed by atoms with Crippen molar-refractivity contribution in [1.29, 1.82) is 0 Å². The first-order valence-corrected chi connectivity index (χ1v) is 8.90. The second kappa shape index (κ2) is 7.43. The van der Waals surface area contributed by atoms with E-state index in [-0.39, 0.29) is 0 Å². The van der Waals surface area contributed by atoms with Crippen molar-refractivity contribution in [3.05, 3.63) is 0 Å². The lowest BCUT2D eigenvalue weighted by Gasteiger charge is -2.42. The maximum atomic E-state index is 6.40. The minimum absolute atomic E-state index is 0.298. The molecule has 0 spiro atoms. The van der Waals surface area contributed by atoms with Gasteiger partial charge in [0.2, 0.25) is 0 Å². The molecule has 1 aliphatic carbocycles. The summed E-state index contributed by atoms with van der Waals surface area (Å²) in [4.78, 5) is 2.58. The molecule has 2 fully saturated rings. The van der Waals surface area contributed by atoms with Crippen LogP contribution in [-0.2, 0) is 9.47 Å². The van der Waals surface area contributed by atoms with E-state index in [0.29, 0.717) is 30.0 Å². The van der Waals surface area contributed by atoms with Gasteiger partial charge in [0.15, 0.2) is 0 Å². The number of piperidine rings is 1. The SMILES string of the molecule is CC(C)OC1CCCC(OC2CCN(C(C)(C)C)CC2)C1. The predicted molar refractivity (Wildman–Crippen MR) is 87.7 cm³/mol. The zero-order valence-electron chi connectivity index (χ0n) is 14.7. The van der Waals surface area contributed by atoms with Crippen LogP contribution in [-0.4, -0.2) is 47.9 Å². The van der Waals surface area contributed by atoms with Gasteiger partial charge in [0.25, 0.3) is 0 Å². The van der Waals surface area contributed by atoms with E-state index in [4.69, 9.17) is 9.47 Å². The highest BCUT2D eigenvalue weighted by atomic mass is 16.5. The van der Waals surface area contributed by atoms with Gasteiger partial charge in [0, 0.05) is 18.6 Å². The average molecular weight is 297 g/mol. The monoisotopic (exact) mass is 297 g/mol. The minimum atomic E-state index is 0.298. The van der Waals surface area contributed by atoms with Crippen LogP contribution in [0.15, 0.2) is 0 Å². The van der Waals surface area contributed by atoms with Crippen molar-refractivity contribution in [2.24, 2.45) is 0 Å². The molecule has 1 saturated carbocycles. The number of likely N-dealkylation sites (tertiary alicyclic amines) is 1. The lowest BCUT2D eigenvalue weighted by molar-refractivity contribution is -0.101. The average Bonchev–Trinajstić information content (AvgIpc) is 2.38. The van der Waals surface area contributed by atoms with Crippen molar-refractivity contribution < 1.29 is 9.47 Å².